The summed E-state index contributed by atoms with van der Waals surface area (Å²) in [5.41, 5.74) is -2.62. The lowest BCUT2D eigenvalue weighted by Gasteiger charge is -2.47. The van der Waals surface area contributed by atoms with Crippen LogP contribution in [0, 0.1) is 36.0 Å². The molecule has 3 rings (SSSR count). The summed E-state index contributed by atoms with van der Waals surface area (Å²) in [5, 5.41) is 14.2. The first-order valence-corrected chi connectivity index (χ1v) is 16.8. The number of carbonyl (C=O) groups is 4. The average Bonchev–Trinajstić information content (AvgIpc) is 3.31. The van der Waals surface area contributed by atoms with Crippen molar-refractivity contribution in [2.45, 2.75) is 120 Å². The number of fused-ring (bicyclic) bond motifs is 1. The Balaban J connectivity index is 2.04. The van der Waals surface area contributed by atoms with Crippen molar-refractivity contribution in [3.05, 3.63) is 0 Å². The molecule has 0 aromatic carbocycles. The van der Waals surface area contributed by atoms with Crippen molar-refractivity contribution in [2.75, 3.05) is 20.7 Å². The number of terminal acetylenes is 1. The van der Waals surface area contributed by atoms with Crippen LogP contribution in [0.15, 0.2) is 0 Å². The summed E-state index contributed by atoms with van der Waals surface area (Å²) in [5.74, 6) is -2.37. The minimum atomic E-state index is -1.37. The van der Waals surface area contributed by atoms with E-state index in [4.69, 9.17) is 30.1 Å². The van der Waals surface area contributed by atoms with Crippen LogP contribution in [-0.4, -0.2) is 106 Å². The van der Waals surface area contributed by atoms with Gasteiger partial charge in [0.25, 0.3) is 0 Å². The Bertz CT molecular complexity index is 1160. The Labute approximate surface area is 280 Å². The molecule has 0 unspecified atom stereocenters. The predicted molar refractivity (Wildman–Crippen MR) is 172 cm³/mol. The summed E-state index contributed by atoms with van der Waals surface area (Å²) in [6.45, 7) is 12.3. The molecule has 12 nitrogen and oxygen atoms in total. The van der Waals surface area contributed by atoms with Crippen molar-refractivity contribution in [1.82, 2.24) is 10.2 Å². The Morgan fingerprint density at radius 2 is 1.76 bits per heavy atom. The van der Waals surface area contributed by atoms with E-state index in [-0.39, 0.29) is 24.3 Å². The number of cyclic esters (lactones) is 1. The van der Waals surface area contributed by atoms with Crippen LogP contribution in [-0.2, 0) is 38.1 Å². The Morgan fingerprint density at radius 1 is 1.11 bits per heavy atom. The number of alkyl halides is 1. The van der Waals surface area contributed by atoms with Gasteiger partial charge in [-0.05, 0) is 70.2 Å². The Morgan fingerprint density at radius 3 is 2.36 bits per heavy atom. The molecule has 45 heavy (non-hydrogen) atoms. The van der Waals surface area contributed by atoms with Gasteiger partial charge in [-0.25, -0.2) is 4.79 Å². The third-order valence-electron chi connectivity index (χ3n) is 9.84. The van der Waals surface area contributed by atoms with E-state index in [0.717, 1.165) is 0 Å². The summed E-state index contributed by atoms with van der Waals surface area (Å²) in [4.78, 5) is 55.6. The van der Waals surface area contributed by atoms with Gasteiger partial charge in [-0.15, -0.1) is 12.3 Å². The number of nitrogens with zero attached hydrogens (tertiary/aromatic N) is 1. The average molecular weight is 749 g/mol. The minimum Gasteiger partial charge on any atom is -0.447 e. The minimum absolute atomic E-state index is 0.129. The maximum absolute atomic E-state index is 13.9. The standard InChI is InChI=1S/C32H49IN2O10/c1-11-12-13-35(9)21-14-17(3)42-28(24(21)38)43-26-19(5)23(37)20(6)27(39)44-29(33)32(8)25(34-30(40)45-32)18(4)22(36)16(2)15-31(26,7)41-10/h1,16-21,24-26,28-29,38H,12-15H2,2-10H3,(H,34,40)/t16-,17-,18+,19+,20-,21+,24-,25-,26-,28+,29+,31-,32+/m1/s1. The van der Waals surface area contributed by atoms with Crippen molar-refractivity contribution in [1.29, 1.82) is 0 Å². The number of rotatable bonds is 6. The van der Waals surface area contributed by atoms with Gasteiger partial charge in [0.05, 0.1) is 23.9 Å². The predicted octanol–water partition coefficient (Wildman–Crippen LogP) is 2.85. The normalized spacial score (nSPS) is 43.5. The monoisotopic (exact) mass is 748 g/mol. The molecule has 3 fully saturated rings. The van der Waals surface area contributed by atoms with E-state index in [9.17, 15) is 24.3 Å². The highest BCUT2D eigenvalue weighted by atomic mass is 127. The van der Waals surface area contributed by atoms with Crippen LogP contribution in [0.25, 0.3) is 0 Å². The molecule has 2 N–H and O–H groups in total. The molecule has 3 heterocycles. The lowest BCUT2D eigenvalue weighted by molar-refractivity contribution is -0.296. The summed E-state index contributed by atoms with van der Waals surface area (Å²) in [6.07, 6.45) is 2.33. The highest BCUT2D eigenvalue weighted by molar-refractivity contribution is 14.1. The molecule has 3 aliphatic rings. The molecular formula is C32H49IN2O10. The van der Waals surface area contributed by atoms with Gasteiger partial charge < -0.3 is 34.1 Å². The number of amides is 1. The van der Waals surface area contributed by atoms with Crippen molar-refractivity contribution in [3.8, 4) is 12.3 Å². The smallest absolute Gasteiger partial charge is 0.408 e. The number of Topliss-reactive ketones (excluding diaryl/α,β-unsaturated/α-hetero) is 2. The molecule has 254 valence electrons. The molecule has 0 spiro atoms. The number of alkyl carbamates (subject to hydrolysis) is 1. The molecule has 1 amide bonds. The first-order chi connectivity index (χ1) is 20.9. The topological polar surface area (TPSA) is 150 Å². The van der Waals surface area contributed by atoms with Gasteiger partial charge in [-0.1, -0.05) is 20.8 Å². The van der Waals surface area contributed by atoms with Crippen LogP contribution < -0.4 is 5.32 Å². The van der Waals surface area contributed by atoms with E-state index in [1.165, 1.54) is 14.0 Å². The molecule has 0 radical (unpaired) electrons. The number of ketones is 2. The molecule has 0 aromatic heterocycles. The Hall–Kier alpha value is -1.83. The van der Waals surface area contributed by atoms with Crippen molar-refractivity contribution in [3.63, 3.8) is 0 Å². The van der Waals surface area contributed by atoms with Gasteiger partial charge in [0.1, 0.15) is 17.8 Å². The van der Waals surface area contributed by atoms with Gasteiger partial charge in [0.15, 0.2) is 21.8 Å². The fraction of sp³-hybridized carbons (Fsp3) is 0.812. The molecule has 3 aliphatic heterocycles. The van der Waals surface area contributed by atoms with Crippen molar-refractivity contribution < 1.29 is 48.0 Å². The second kappa shape index (κ2) is 14.9. The van der Waals surface area contributed by atoms with Gasteiger partial charge in [-0.3, -0.25) is 19.3 Å². The van der Waals surface area contributed by atoms with Gasteiger partial charge in [0, 0.05) is 43.9 Å². The van der Waals surface area contributed by atoms with Crippen LogP contribution in [0.2, 0.25) is 0 Å². The number of hydrogen-bond acceptors (Lipinski definition) is 11. The first kappa shape index (κ1) is 37.6. The SMILES string of the molecule is C#CCCN(C)[C@H]1C[C@@H](C)O[C@@H](O[C@@H]2[C@@H](C)C(=O)[C@@H](C)C(=O)O[C@H](I)[C@@]3(C)OC(=O)N[C@@H]3[C@@H](C)C(=O)[C@H](C)C[C@@]2(C)OC)[C@@H]1O. The van der Waals surface area contributed by atoms with E-state index in [0.29, 0.717) is 19.4 Å². The van der Waals surface area contributed by atoms with Crippen LogP contribution in [0.3, 0.4) is 0 Å². The van der Waals surface area contributed by atoms with Crippen molar-refractivity contribution in [2.24, 2.45) is 23.7 Å². The fourth-order valence-electron chi connectivity index (χ4n) is 6.91. The maximum atomic E-state index is 13.9. The van der Waals surface area contributed by atoms with Gasteiger partial charge in [0.2, 0.25) is 0 Å². The number of hydrogen-bond donors (Lipinski definition) is 2. The molecule has 0 bridgehead atoms. The van der Waals surface area contributed by atoms with Crippen LogP contribution in [0.1, 0.15) is 67.7 Å². The maximum Gasteiger partial charge on any atom is 0.408 e. The number of esters is 1. The summed E-state index contributed by atoms with van der Waals surface area (Å²) < 4.78 is 29.0. The first-order valence-electron chi connectivity index (χ1n) is 15.5. The zero-order valence-electron chi connectivity index (χ0n) is 27.7. The molecule has 3 saturated heterocycles. The van der Waals surface area contributed by atoms with Crippen LogP contribution in [0.5, 0.6) is 0 Å². The number of methoxy groups -OCH3 is 1. The number of carbonyl (C=O) groups excluding carboxylic acids is 4. The third-order valence-corrected chi connectivity index (χ3v) is 11.3. The molecular weight excluding hydrogens is 699 g/mol. The lowest BCUT2D eigenvalue weighted by Crippen LogP contribution is -2.60. The van der Waals surface area contributed by atoms with E-state index in [1.807, 2.05) is 41.5 Å². The van der Waals surface area contributed by atoms with Crippen LogP contribution in [0.4, 0.5) is 4.79 Å². The summed E-state index contributed by atoms with van der Waals surface area (Å²) in [7, 11) is 3.34. The second-order valence-corrected chi connectivity index (χ2v) is 14.4. The number of aliphatic hydroxyl groups is 1. The zero-order chi connectivity index (χ0) is 34.0. The third kappa shape index (κ3) is 7.84. The number of aliphatic hydroxyl groups excluding tert-OH is 1. The highest BCUT2D eigenvalue weighted by Crippen LogP contribution is 2.40. The lowest BCUT2D eigenvalue weighted by atomic mass is 9.74. The fourth-order valence-corrected chi connectivity index (χ4v) is 7.68. The molecule has 0 aromatic rings. The van der Waals surface area contributed by atoms with E-state index in [2.05, 4.69) is 11.2 Å². The van der Waals surface area contributed by atoms with Crippen LogP contribution >= 0.6 is 22.6 Å². The van der Waals surface area contributed by atoms with Gasteiger partial charge in [-0.2, -0.15) is 0 Å². The van der Waals surface area contributed by atoms with Crippen molar-refractivity contribution >= 4 is 46.2 Å². The molecule has 0 aliphatic carbocycles. The number of halogens is 1. The molecule has 13 atom stereocenters. The molecule has 0 saturated carbocycles. The Kier molecular flexibility index (Phi) is 12.5. The number of nitrogens with one attached hydrogen (secondary N) is 1. The largest absolute Gasteiger partial charge is 0.447 e. The quantitative estimate of drug-likeness (QED) is 0.136. The number of ether oxygens (including phenoxy) is 5. The highest BCUT2D eigenvalue weighted by Gasteiger charge is 2.57. The molecule has 13 heteroatoms. The van der Waals surface area contributed by atoms with E-state index >= 15 is 0 Å². The van der Waals surface area contributed by atoms with E-state index < -0.39 is 81.4 Å². The van der Waals surface area contributed by atoms with E-state index in [1.54, 1.807) is 34.6 Å². The second-order valence-electron chi connectivity index (χ2n) is 13.3. The zero-order valence-corrected chi connectivity index (χ0v) is 29.9. The summed E-state index contributed by atoms with van der Waals surface area (Å²) in [6, 6.07) is -1.14. The number of likely N-dealkylation sites (N-methyl/N-ethyl adjacent to an activating group) is 1. The summed E-state index contributed by atoms with van der Waals surface area (Å²) >= 11 is 1.86. The van der Waals surface area contributed by atoms with Gasteiger partial charge >= 0.3 is 12.1 Å².